The summed E-state index contributed by atoms with van der Waals surface area (Å²) in [5.41, 5.74) is 0. The fraction of sp³-hybridized carbons (Fsp3) is 0.889. The summed E-state index contributed by atoms with van der Waals surface area (Å²) in [4.78, 5) is 14.4. The zero-order valence-electron chi connectivity index (χ0n) is 10.4. The highest BCUT2D eigenvalue weighted by Gasteiger charge is 2.12. The van der Waals surface area contributed by atoms with Crippen LogP contribution in [0.2, 0.25) is 0 Å². The Bertz CT molecular complexity index is 312. The van der Waals surface area contributed by atoms with E-state index in [0.717, 1.165) is 0 Å². The van der Waals surface area contributed by atoms with Crippen molar-refractivity contribution in [3.8, 4) is 0 Å². The third kappa shape index (κ3) is 7.61. The molecule has 1 amide bonds. The van der Waals surface area contributed by atoms with E-state index in [0.29, 0.717) is 13.0 Å². The molecule has 0 aliphatic heterocycles. The van der Waals surface area contributed by atoms with Crippen LogP contribution in [0.25, 0.3) is 0 Å². The molecule has 0 rings (SSSR count). The Balaban J connectivity index is 3.93. The standard InChI is InChI=1S/C9H21N3O3S/c1-11(2)6-5-7-16(14,15)10-8-9(13)12(3)4/h10H,5-8H2,1-4H3. The maximum Gasteiger partial charge on any atom is 0.237 e. The molecule has 0 atom stereocenters. The lowest BCUT2D eigenvalue weighted by molar-refractivity contribution is -0.127. The molecule has 0 bridgehead atoms. The summed E-state index contributed by atoms with van der Waals surface area (Å²) in [6.45, 7) is 0.542. The molecular formula is C9H21N3O3S. The molecule has 0 saturated heterocycles. The largest absolute Gasteiger partial charge is 0.348 e. The van der Waals surface area contributed by atoms with Crippen molar-refractivity contribution in [1.82, 2.24) is 14.5 Å². The average molecular weight is 251 g/mol. The van der Waals surface area contributed by atoms with Crippen LogP contribution in [0.4, 0.5) is 0 Å². The third-order valence-corrected chi connectivity index (χ3v) is 3.37. The van der Waals surface area contributed by atoms with Crippen LogP contribution in [-0.2, 0) is 14.8 Å². The number of nitrogens with one attached hydrogen (secondary N) is 1. The van der Waals surface area contributed by atoms with Crippen molar-refractivity contribution in [3.63, 3.8) is 0 Å². The second-order valence-electron chi connectivity index (χ2n) is 4.08. The summed E-state index contributed by atoms with van der Waals surface area (Å²) in [5, 5.41) is 0. The highest BCUT2D eigenvalue weighted by Crippen LogP contribution is 1.91. The van der Waals surface area contributed by atoms with E-state index in [1.54, 1.807) is 14.1 Å². The number of nitrogens with zero attached hydrogens (tertiary/aromatic N) is 2. The quantitative estimate of drug-likeness (QED) is 0.626. The van der Waals surface area contributed by atoms with Gasteiger partial charge in [0.2, 0.25) is 15.9 Å². The Kier molecular flexibility index (Phi) is 6.54. The van der Waals surface area contributed by atoms with Crippen LogP contribution in [0.15, 0.2) is 0 Å². The van der Waals surface area contributed by atoms with Crippen LogP contribution in [0.1, 0.15) is 6.42 Å². The highest BCUT2D eigenvalue weighted by atomic mass is 32.2. The number of carbonyl (C=O) groups excluding carboxylic acids is 1. The van der Waals surface area contributed by atoms with Gasteiger partial charge >= 0.3 is 0 Å². The van der Waals surface area contributed by atoms with Gasteiger partial charge in [0.25, 0.3) is 0 Å². The first-order chi connectivity index (χ1) is 7.24. The minimum absolute atomic E-state index is 0.0475. The molecule has 96 valence electrons. The Morgan fingerprint density at radius 2 is 1.75 bits per heavy atom. The minimum atomic E-state index is -3.33. The van der Waals surface area contributed by atoms with Gasteiger partial charge in [0, 0.05) is 14.1 Å². The zero-order chi connectivity index (χ0) is 12.8. The van der Waals surface area contributed by atoms with E-state index in [2.05, 4.69) is 4.72 Å². The molecule has 6 nitrogen and oxygen atoms in total. The summed E-state index contributed by atoms with van der Waals surface area (Å²) in [6, 6.07) is 0. The van der Waals surface area contributed by atoms with Gasteiger partial charge < -0.3 is 9.80 Å². The Labute approximate surface area is 97.7 Å². The fourth-order valence-corrected chi connectivity index (χ4v) is 1.97. The van der Waals surface area contributed by atoms with E-state index in [9.17, 15) is 13.2 Å². The zero-order valence-corrected chi connectivity index (χ0v) is 11.2. The molecule has 0 fully saturated rings. The summed E-state index contributed by atoms with van der Waals surface area (Å²) in [6.07, 6.45) is 0.554. The Hall–Kier alpha value is -0.660. The fourth-order valence-electron chi connectivity index (χ4n) is 0.973. The van der Waals surface area contributed by atoms with Gasteiger partial charge in [-0.15, -0.1) is 0 Å². The molecule has 0 unspecified atom stereocenters. The highest BCUT2D eigenvalue weighted by molar-refractivity contribution is 7.89. The molecule has 1 N–H and O–H groups in total. The second kappa shape index (κ2) is 6.82. The smallest absolute Gasteiger partial charge is 0.237 e. The lowest BCUT2D eigenvalue weighted by Crippen LogP contribution is -2.37. The first kappa shape index (κ1) is 15.3. The summed E-state index contributed by atoms with van der Waals surface area (Å²) >= 11 is 0. The van der Waals surface area contributed by atoms with Gasteiger partial charge in [-0.3, -0.25) is 4.79 Å². The van der Waals surface area contributed by atoms with Gasteiger partial charge in [-0.05, 0) is 27.1 Å². The normalized spacial score (nSPS) is 11.8. The molecule has 0 spiro atoms. The van der Waals surface area contributed by atoms with Gasteiger partial charge in [-0.2, -0.15) is 0 Å². The first-order valence-corrected chi connectivity index (χ1v) is 6.72. The van der Waals surface area contributed by atoms with E-state index in [1.807, 2.05) is 19.0 Å². The second-order valence-corrected chi connectivity index (χ2v) is 6.01. The molecule has 7 heteroatoms. The number of sulfonamides is 1. The molecule has 0 heterocycles. The van der Waals surface area contributed by atoms with Crippen molar-refractivity contribution < 1.29 is 13.2 Å². The predicted molar refractivity (Wildman–Crippen MR) is 63.7 cm³/mol. The van der Waals surface area contributed by atoms with Crippen LogP contribution in [0.3, 0.4) is 0 Å². The predicted octanol–water partition coefficient (Wildman–Crippen LogP) is -1.05. The van der Waals surface area contributed by atoms with Crippen LogP contribution >= 0.6 is 0 Å². The maximum absolute atomic E-state index is 11.4. The number of hydrogen-bond acceptors (Lipinski definition) is 4. The van der Waals surface area contributed by atoms with Gasteiger partial charge in [-0.1, -0.05) is 0 Å². The van der Waals surface area contributed by atoms with E-state index < -0.39 is 10.0 Å². The summed E-state index contributed by atoms with van der Waals surface area (Å²) < 4.78 is 25.2. The van der Waals surface area contributed by atoms with Crippen LogP contribution in [0, 0.1) is 0 Å². The molecular weight excluding hydrogens is 230 g/mol. The molecule has 0 aliphatic rings. The van der Waals surface area contributed by atoms with E-state index in [1.165, 1.54) is 4.90 Å². The van der Waals surface area contributed by atoms with Crippen molar-refractivity contribution >= 4 is 15.9 Å². The number of rotatable bonds is 7. The monoisotopic (exact) mass is 251 g/mol. The number of likely N-dealkylation sites (N-methyl/N-ethyl adjacent to an activating group) is 1. The van der Waals surface area contributed by atoms with E-state index in [4.69, 9.17) is 0 Å². The number of amides is 1. The van der Waals surface area contributed by atoms with Gasteiger partial charge in [0.15, 0.2) is 0 Å². The lowest BCUT2D eigenvalue weighted by atomic mass is 10.5. The molecule has 16 heavy (non-hydrogen) atoms. The first-order valence-electron chi connectivity index (χ1n) is 5.07. The average Bonchev–Trinajstić information content (AvgIpc) is 2.13. The van der Waals surface area contributed by atoms with Gasteiger partial charge in [-0.25, -0.2) is 13.1 Å². The Morgan fingerprint density at radius 3 is 2.19 bits per heavy atom. The Morgan fingerprint density at radius 1 is 1.19 bits per heavy atom. The molecule has 0 aliphatic carbocycles. The van der Waals surface area contributed by atoms with Crippen LogP contribution in [0.5, 0.6) is 0 Å². The van der Waals surface area contributed by atoms with Crippen LogP contribution in [-0.4, -0.2) is 71.2 Å². The molecule has 0 aromatic rings. The summed E-state index contributed by atoms with van der Waals surface area (Å²) in [5.74, 6) is -0.206. The van der Waals surface area contributed by atoms with Crippen molar-refractivity contribution in [3.05, 3.63) is 0 Å². The van der Waals surface area contributed by atoms with Crippen molar-refractivity contribution in [2.45, 2.75) is 6.42 Å². The SMILES string of the molecule is CN(C)CCCS(=O)(=O)NCC(=O)N(C)C. The number of carbonyl (C=O) groups is 1. The molecule has 0 aromatic heterocycles. The van der Waals surface area contributed by atoms with Crippen LogP contribution < -0.4 is 4.72 Å². The van der Waals surface area contributed by atoms with E-state index >= 15 is 0 Å². The topological polar surface area (TPSA) is 69.7 Å². The van der Waals surface area contributed by atoms with E-state index in [-0.39, 0.29) is 18.2 Å². The molecule has 0 aromatic carbocycles. The molecule has 0 radical (unpaired) electrons. The van der Waals surface area contributed by atoms with Gasteiger partial charge in [0.05, 0.1) is 12.3 Å². The van der Waals surface area contributed by atoms with Crippen molar-refractivity contribution in [2.75, 3.05) is 47.0 Å². The minimum Gasteiger partial charge on any atom is -0.348 e. The molecule has 0 saturated carbocycles. The van der Waals surface area contributed by atoms with Crippen molar-refractivity contribution in [1.29, 1.82) is 0 Å². The maximum atomic E-state index is 11.4. The number of hydrogen-bond donors (Lipinski definition) is 1. The van der Waals surface area contributed by atoms with Crippen molar-refractivity contribution in [2.24, 2.45) is 0 Å². The van der Waals surface area contributed by atoms with Gasteiger partial charge in [0.1, 0.15) is 0 Å². The lowest BCUT2D eigenvalue weighted by Gasteiger charge is -2.12. The third-order valence-electron chi connectivity index (χ3n) is 1.96. The summed E-state index contributed by atoms with van der Waals surface area (Å²) in [7, 11) is 3.61.